The first-order valence-electron chi connectivity index (χ1n) is 5.17. The van der Waals surface area contributed by atoms with Crippen molar-refractivity contribution >= 4 is 15.9 Å². The molecule has 0 aliphatic heterocycles. The molecule has 4 nitrogen and oxygen atoms in total. The van der Waals surface area contributed by atoms with Gasteiger partial charge in [0, 0.05) is 6.42 Å². The van der Waals surface area contributed by atoms with E-state index in [-0.39, 0.29) is 22.4 Å². The number of rotatable bonds is 2. The molecular weight excluding hydrogens is 216 g/mol. The summed E-state index contributed by atoms with van der Waals surface area (Å²) in [5.41, 5.74) is -1.10. The summed E-state index contributed by atoms with van der Waals surface area (Å²) in [5.74, 6) is 0.0469. The number of ketones is 1. The molecule has 3 fully saturated rings. The molecule has 84 valence electrons. The van der Waals surface area contributed by atoms with Crippen LogP contribution in [0.1, 0.15) is 26.7 Å². The van der Waals surface area contributed by atoms with E-state index in [0.717, 1.165) is 6.42 Å². The number of carbonyl (C=O) groups excluding carboxylic acids is 1. The Bertz CT molecular complexity index is 478. The van der Waals surface area contributed by atoms with Crippen molar-refractivity contribution < 1.29 is 17.8 Å². The lowest BCUT2D eigenvalue weighted by molar-refractivity contribution is -0.124. The molecule has 0 bridgehead atoms. The number of hydrogen-bond acceptors (Lipinski definition) is 3. The zero-order valence-electron chi connectivity index (χ0n) is 8.78. The Morgan fingerprint density at radius 3 is 2.47 bits per heavy atom. The Morgan fingerprint density at radius 1 is 1.47 bits per heavy atom. The van der Waals surface area contributed by atoms with Gasteiger partial charge in [-0.25, -0.2) is 0 Å². The van der Waals surface area contributed by atoms with Crippen LogP contribution in [0.15, 0.2) is 0 Å². The van der Waals surface area contributed by atoms with Crippen molar-refractivity contribution in [2.24, 2.45) is 22.2 Å². The van der Waals surface area contributed by atoms with Crippen LogP contribution >= 0.6 is 0 Å². The quantitative estimate of drug-likeness (QED) is 0.715. The van der Waals surface area contributed by atoms with Crippen molar-refractivity contribution in [3.8, 4) is 0 Å². The van der Waals surface area contributed by atoms with Gasteiger partial charge >= 0.3 is 0 Å². The standard InChI is InChI=1S/C10H14O4S/c1-8(2)9-4-6(9)3-7(11)10(8,9)5-15(12,13)14/h6H,3-5H2,1-2H3,(H,12,13,14)/t6?,9?,10-/m1/s1. The highest BCUT2D eigenvalue weighted by Crippen LogP contribution is 2.96. The predicted molar refractivity (Wildman–Crippen MR) is 52.8 cm³/mol. The third-order valence-electron chi connectivity index (χ3n) is 5.29. The molecule has 1 spiro atoms. The second-order valence-electron chi connectivity index (χ2n) is 5.76. The van der Waals surface area contributed by atoms with Crippen LogP contribution in [0.2, 0.25) is 0 Å². The molecular formula is C10H14O4S. The fourth-order valence-corrected chi connectivity index (χ4v) is 5.95. The Labute approximate surface area is 88.8 Å². The lowest BCUT2D eigenvalue weighted by Gasteiger charge is -2.16. The van der Waals surface area contributed by atoms with Crippen LogP contribution in [0, 0.1) is 22.2 Å². The average Bonchev–Trinajstić information content (AvgIpc) is 2.77. The van der Waals surface area contributed by atoms with Crippen molar-refractivity contribution in [3.63, 3.8) is 0 Å². The first-order chi connectivity index (χ1) is 6.69. The van der Waals surface area contributed by atoms with E-state index in [1.54, 1.807) is 0 Å². The molecule has 0 radical (unpaired) electrons. The smallest absolute Gasteiger partial charge is 0.265 e. The van der Waals surface area contributed by atoms with Gasteiger partial charge in [-0.3, -0.25) is 9.35 Å². The van der Waals surface area contributed by atoms with Crippen molar-refractivity contribution in [2.45, 2.75) is 26.7 Å². The highest BCUT2D eigenvalue weighted by molar-refractivity contribution is 7.85. The van der Waals surface area contributed by atoms with E-state index in [1.165, 1.54) is 0 Å². The van der Waals surface area contributed by atoms with Crippen molar-refractivity contribution in [3.05, 3.63) is 0 Å². The van der Waals surface area contributed by atoms with Gasteiger partial charge in [-0.15, -0.1) is 0 Å². The molecule has 2 unspecified atom stereocenters. The summed E-state index contributed by atoms with van der Waals surface area (Å²) in [4.78, 5) is 11.9. The first kappa shape index (κ1) is 9.78. The normalized spacial score (nSPS) is 49.8. The minimum absolute atomic E-state index is 0.0429. The Morgan fingerprint density at radius 2 is 2.07 bits per heavy atom. The summed E-state index contributed by atoms with van der Waals surface area (Å²) in [6, 6.07) is 0. The molecule has 1 N–H and O–H groups in total. The summed E-state index contributed by atoms with van der Waals surface area (Å²) in [5, 5.41) is 0. The molecule has 3 saturated carbocycles. The third kappa shape index (κ3) is 0.741. The number of carbonyl (C=O) groups is 1. The number of Topliss-reactive ketones (excluding diaryl/α,β-unsaturated/α-hetero) is 1. The highest BCUT2D eigenvalue weighted by atomic mass is 32.2. The van der Waals surface area contributed by atoms with Crippen LogP contribution in [0.25, 0.3) is 0 Å². The van der Waals surface area contributed by atoms with Crippen molar-refractivity contribution in [1.82, 2.24) is 0 Å². The fraction of sp³-hybridized carbons (Fsp3) is 0.900. The molecule has 0 aromatic carbocycles. The lowest BCUT2D eigenvalue weighted by Crippen LogP contribution is -2.29. The van der Waals surface area contributed by atoms with Crippen LogP contribution in [-0.4, -0.2) is 24.5 Å². The van der Waals surface area contributed by atoms with E-state index >= 15 is 0 Å². The van der Waals surface area contributed by atoms with Crippen molar-refractivity contribution in [2.75, 3.05) is 5.75 Å². The Kier molecular flexibility index (Phi) is 1.32. The summed E-state index contributed by atoms with van der Waals surface area (Å²) >= 11 is 0. The molecule has 0 aromatic heterocycles. The topological polar surface area (TPSA) is 71.4 Å². The van der Waals surface area contributed by atoms with Gasteiger partial charge in [-0.2, -0.15) is 8.42 Å². The summed E-state index contributed by atoms with van der Waals surface area (Å²) in [7, 11) is -4.06. The van der Waals surface area contributed by atoms with Gasteiger partial charge < -0.3 is 0 Å². The van der Waals surface area contributed by atoms with Gasteiger partial charge in [0.2, 0.25) is 0 Å². The minimum Gasteiger partial charge on any atom is -0.299 e. The second kappa shape index (κ2) is 2.02. The molecule has 0 aromatic rings. The highest BCUT2D eigenvalue weighted by Gasteiger charge is 2.97. The number of hydrogen-bond donors (Lipinski definition) is 1. The van der Waals surface area contributed by atoms with Crippen LogP contribution in [-0.2, 0) is 14.9 Å². The third-order valence-corrected chi connectivity index (χ3v) is 6.09. The lowest BCUT2D eigenvalue weighted by atomic mass is 9.91. The minimum atomic E-state index is -4.06. The van der Waals surface area contributed by atoms with E-state index in [9.17, 15) is 13.2 Å². The zero-order chi connectivity index (χ0) is 11.3. The molecule has 3 aliphatic carbocycles. The maximum absolute atomic E-state index is 11.9. The maximum Gasteiger partial charge on any atom is 0.265 e. The largest absolute Gasteiger partial charge is 0.299 e. The molecule has 0 amide bonds. The molecule has 5 heteroatoms. The summed E-state index contributed by atoms with van der Waals surface area (Å²) in [6.45, 7) is 3.91. The first-order valence-corrected chi connectivity index (χ1v) is 6.78. The molecule has 15 heavy (non-hydrogen) atoms. The Hall–Kier alpha value is -0.420. The Balaban J connectivity index is 2.08. The van der Waals surface area contributed by atoms with Crippen LogP contribution in [0.4, 0.5) is 0 Å². The van der Waals surface area contributed by atoms with Crippen molar-refractivity contribution in [1.29, 1.82) is 0 Å². The SMILES string of the molecule is CC1(C)C23CC2CC(=O)[C@]13CS(=O)(=O)O. The van der Waals surface area contributed by atoms with Gasteiger partial charge in [0.05, 0.1) is 11.2 Å². The van der Waals surface area contributed by atoms with E-state index in [4.69, 9.17) is 4.55 Å². The maximum atomic E-state index is 11.9. The molecule has 0 saturated heterocycles. The van der Waals surface area contributed by atoms with Gasteiger partial charge in [0.15, 0.2) is 0 Å². The summed E-state index contributed by atoms with van der Waals surface area (Å²) in [6.07, 6.45) is 1.47. The van der Waals surface area contributed by atoms with Gasteiger partial charge in [-0.1, -0.05) is 13.8 Å². The zero-order valence-corrected chi connectivity index (χ0v) is 9.60. The van der Waals surface area contributed by atoms with E-state index < -0.39 is 15.5 Å². The van der Waals surface area contributed by atoms with E-state index in [1.807, 2.05) is 13.8 Å². The average molecular weight is 230 g/mol. The van der Waals surface area contributed by atoms with E-state index in [2.05, 4.69) is 0 Å². The van der Waals surface area contributed by atoms with Gasteiger partial charge in [0.1, 0.15) is 5.78 Å². The van der Waals surface area contributed by atoms with Crippen LogP contribution in [0.5, 0.6) is 0 Å². The van der Waals surface area contributed by atoms with Crippen LogP contribution in [0.3, 0.4) is 0 Å². The molecule has 3 aliphatic rings. The van der Waals surface area contributed by atoms with Gasteiger partial charge in [-0.05, 0) is 23.2 Å². The van der Waals surface area contributed by atoms with E-state index in [0.29, 0.717) is 12.3 Å². The molecule has 0 heterocycles. The fourth-order valence-electron chi connectivity index (χ4n) is 4.62. The molecule has 3 atom stereocenters. The summed E-state index contributed by atoms with van der Waals surface area (Å²) < 4.78 is 31.0. The molecule has 3 rings (SSSR count). The predicted octanol–water partition coefficient (Wildman–Crippen LogP) is 0.879. The van der Waals surface area contributed by atoms with Crippen LogP contribution < -0.4 is 0 Å². The van der Waals surface area contributed by atoms with Gasteiger partial charge in [0.25, 0.3) is 10.1 Å². The monoisotopic (exact) mass is 230 g/mol. The second-order valence-corrected chi connectivity index (χ2v) is 7.21.